The molecule has 0 bridgehead atoms. The van der Waals surface area contributed by atoms with E-state index in [0.29, 0.717) is 0 Å². The molecule has 2 aromatic heterocycles. The quantitative estimate of drug-likeness (QED) is 0.869. The van der Waals surface area contributed by atoms with Crippen LogP contribution in [0.15, 0.2) is 48.9 Å². The molecule has 1 saturated heterocycles. The van der Waals surface area contributed by atoms with Crippen LogP contribution in [0.2, 0.25) is 0 Å². The van der Waals surface area contributed by atoms with Gasteiger partial charge in [0.15, 0.2) is 0 Å². The summed E-state index contributed by atoms with van der Waals surface area (Å²) in [6.45, 7) is 0.832. The summed E-state index contributed by atoms with van der Waals surface area (Å²) in [4.78, 5) is 23.1. The standard InChI is InChI=1S/C17H19N3O/c21-17(14-7-10-18-11-8-14)20-12-4-2-6-16(20)13-15-5-1-3-9-19-15/h1,3,5,7-11,16H,2,4,6,12-13H2. The number of pyridine rings is 2. The number of aromatic nitrogens is 2. The van der Waals surface area contributed by atoms with Gasteiger partial charge in [0.2, 0.25) is 0 Å². The molecule has 4 nitrogen and oxygen atoms in total. The lowest BCUT2D eigenvalue weighted by molar-refractivity contribution is 0.0612. The molecular formula is C17H19N3O. The summed E-state index contributed by atoms with van der Waals surface area (Å²) in [7, 11) is 0. The lowest BCUT2D eigenvalue weighted by Gasteiger charge is -2.35. The van der Waals surface area contributed by atoms with E-state index < -0.39 is 0 Å². The SMILES string of the molecule is O=C(c1ccncc1)N1CCCCC1Cc1ccccn1. The van der Waals surface area contributed by atoms with Crippen molar-refractivity contribution in [2.45, 2.75) is 31.7 Å². The fraction of sp³-hybridized carbons (Fsp3) is 0.353. The van der Waals surface area contributed by atoms with Crippen molar-refractivity contribution in [1.82, 2.24) is 14.9 Å². The van der Waals surface area contributed by atoms with Crippen molar-refractivity contribution >= 4 is 5.91 Å². The predicted molar refractivity (Wildman–Crippen MR) is 80.9 cm³/mol. The molecule has 0 N–H and O–H groups in total. The molecule has 4 heteroatoms. The van der Waals surface area contributed by atoms with Gasteiger partial charge >= 0.3 is 0 Å². The van der Waals surface area contributed by atoms with Crippen molar-refractivity contribution in [3.8, 4) is 0 Å². The van der Waals surface area contributed by atoms with Crippen LogP contribution in [0.3, 0.4) is 0 Å². The highest BCUT2D eigenvalue weighted by atomic mass is 16.2. The number of carbonyl (C=O) groups is 1. The molecule has 21 heavy (non-hydrogen) atoms. The summed E-state index contributed by atoms with van der Waals surface area (Å²) < 4.78 is 0. The number of piperidine rings is 1. The van der Waals surface area contributed by atoms with Crippen LogP contribution in [0.25, 0.3) is 0 Å². The van der Waals surface area contributed by atoms with Crippen LogP contribution in [0.4, 0.5) is 0 Å². The number of hydrogen-bond donors (Lipinski definition) is 0. The highest BCUT2D eigenvalue weighted by Gasteiger charge is 2.27. The Morgan fingerprint density at radius 1 is 1.14 bits per heavy atom. The van der Waals surface area contributed by atoms with Crippen LogP contribution < -0.4 is 0 Å². The molecule has 0 aromatic carbocycles. The van der Waals surface area contributed by atoms with Crippen molar-refractivity contribution in [2.24, 2.45) is 0 Å². The molecule has 3 rings (SSSR count). The molecule has 0 radical (unpaired) electrons. The van der Waals surface area contributed by atoms with Crippen LogP contribution in [0.5, 0.6) is 0 Å². The van der Waals surface area contributed by atoms with Crippen LogP contribution in [-0.2, 0) is 6.42 Å². The van der Waals surface area contributed by atoms with E-state index in [1.54, 1.807) is 24.5 Å². The Balaban J connectivity index is 1.77. The molecule has 1 fully saturated rings. The molecule has 1 amide bonds. The van der Waals surface area contributed by atoms with E-state index in [1.165, 1.54) is 6.42 Å². The zero-order chi connectivity index (χ0) is 14.5. The Morgan fingerprint density at radius 2 is 2.00 bits per heavy atom. The monoisotopic (exact) mass is 281 g/mol. The summed E-state index contributed by atoms with van der Waals surface area (Å²) in [5.74, 6) is 0.109. The number of hydrogen-bond acceptors (Lipinski definition) is 3. The molecule has 0 saturated carbocycles. The maximum absolute atomic E-state index is 12.7. The summed E-state index contributed by atoms with van der Waals surface area (Å²) >= 11 is 0. The van der Waals surface area contributed by atoms with Gasteiger partial charge in [-0.1, -0.05) is 6.07 Å². The lowest BCUT2D eigenvalue weighted by atomic mass is 9.97. The number of rotatable bonds is 3. The third kappa shape index (κ3) is 3.27. The van der Waals surface area contributed by atoms with Gasteiger partial charge < -0.3 is 4.90 Å². The molecular weight excluding hydrogens is 262 g/mol. The zero-order valence-electron chi connectivity index (χ0n) is 12.0. The number of nitrogens with zero attached hydrogens (tertiary/aromatic N) is 3. The van der Waals surface area contributed by atoms with Gasteiger partial charge in [-0.05, 0) is 43.5 Å². The highest BCUT2D eigenvalue weighted by Crippen LogP contribution is 2.22. The van der Waals surface area contributed by atoms with Crippen molar-refractivity contribution in [1.29, 1.82) is 0 Å². The number of carbonyl (C=O) groups excluding carboxylic acids is 1. The Hall–Kier alpha value is -2.23. The van der Waals surface area contributed by atoms with E-state index in [0.717, 1.165) is 37.1 Å². The first kappa shape index (κ1) is 13.7. The van der Waals surface area contributed by atoms with E-state index in [9.17, 15) is 4.79 Å². The van der Waals surface area contributed by atoms with Gasteiger partial charge in [0.05, 0.1) is 0 Å². The van der Waals surface area contributed by atoms with E-state index in [1.807, 2.05) is 29.3 Å². The minimum atomic E-state index is 0.109. The maximum Gasteiger partial charge on any atom is 0.254 e. The van der Waals surface area contributed by atoms with Gasteiger partial charge in [0.1, 0.15) is 0 Å². The Morgan fingerprint density at radius 3 is 2.76 bits per heavy atom. The highest BCUT2D eigenvalue weighted by molar-refractivity contribution is 5.94. The maximum atomic E-state index is 12.7. The van der Waals surface area contributed by atoms with Crippen LogP contribution in [-0.4, -0.2) is 33.4 Å². The number of amides is 1. The molecule has 2 aromatic rings. The molecule has 108 valence electrons. The van der Waals surface area contributed by atoms with Gasteiger partial charge in [0, 0.05) is 48.9 Å². The van der Waals surface area contributed by atoms with Crippen LogP contribution >= 0.6 is 0 Å². The zero-order valence-corrected chi connectivity index (χ0v) is 12.0. The normalized spacial score (nSPS) is 18.5. The summed E-state index contributed by atoms with van der Waals surface area (Å²) in [6, 6.07) is 9.77. The second-order valence-electron chi connectivity index (χ2n) is 5.41. The molecule has 3 heterocycles. The average molecular weight is 281 g/mol. The van der Waals surface area contributed by atoms with Gasteiger partial charge in [-0.3, -0.25) is 14.8 Å². The van der Waals surface area contributed by atoms with E-state index in [4.69, 9.17) is 0 Å². The predicted octanol–water partition coefficient (Wildman–Crippen LogP) is 2.71. The van der Waals surface area contributed by atoms with Crippen molar-refractivity contribution in [3.63, 3.8) is 0 Å². The van der Waals surface area contributed by atoms with E-state index >= 15 is 0 Å². The summed E-state index contributed by atoms with van der Waals surface area (Å²) in [5, 5.41) is 0. The smallest absolute Gasteiger partial charge is 0.254 e. The fourth-order valence-electron chi connectivity index (χ4n) is 2.90. The van der Waals surface area contributed by atoms with Gasteiger partial charge in [-0.15, -0.1) is 0 Å². The van der Waals surface area contributed by atoms with E-state index in [2.05, 4.69) is 9.97 Å². The first-order chi connectivity index (χ1) is 10.3. The minimum absolute atomic E-state index is 0.109. The topological polar surface area (TPSA) is 46.1 Å². The van der Waals surface area contributed by atoms with Crippen molar-refractivity contribution in [3.05, 3.63) is 60.2 Å². The van der Waals surface area contributed by atoms with Gasteiger partial charge in [-0.25, -0.2) is 0 Å². The van der Waals surface area contributed by atoms with Gasteiger partial charge in [-0.2, -0.15) is 0 Å². The third-order valence-electron chi connectivity index (χ3n) is 3.99. The van der Waals surface area contributed by atoms with Crippen LogP contribution in [0, 0.1) is 0 Å². The van der Waals surface area contributed by atoms with E-state index in [-0.39, 0.29) is 11.9 Å². The third-order valence-corrected chi connectivity index (χ3v) is 3.99. The molecule has 0 aliphatic carbocycles. The fourth-order valence-corrected chi connectivity index (χ4v) is 2.90. The summed E-state index contributed by atoms with van der Waals surface area (Å²) in [6.07, 6.45) is 9.29. The van der Waals surface area contributed by atoms with Crippen molar-refractivity contribution in [2.75, 3.05) is 6.54 Å². The van der Waals surface area contributed by atoms with Crippen molar-refractivity contribution < 1.29 is 4.79 Å². The largest absolute Gasteiger partial charge is 0.335 e. The van der Waals surface area contributed by atoms with Crippen LogP contribution in [0.1, 0.15) is 35.3 Å². The first-order valence-electron chi connectivity index (χ1n) is 7.45. The lowest BCUT2D eigenvalue weighted by Crippen LogP contribution is -2.45. The van der Waals surface area contributed by atoms with Gasteiger partial charge in [0.25, 0.3) is 5.91 Å². The average Bonchev–Trinajstić information content (AvgIpc) is 2.56. The molecule has 0 spiro atoms. The molecule has 1 unspecified atom stereocenters. The Kier molecular flexibility index (Phi) is 4.24. The molecule has 1 aliphatic rings. The first-order valence-corrected chi connectivity index (χ1v) is 7.45. The molecule has 1 atom stereocenters. The second-order valence-corrected chi connectivity index (χ2v) is 5.41. The summed E-state index contributed by atoms with van der Waals surface area (Å²) in [5.41, 5.74) is 1.77. The number of likely N-dealkylation sites (tertiary alicyclic amines) is 1. The molecule has 1 aliphatic heterocycles. The Labute approximate surface area is 124 Å². The Bertz CT molecular complexity index is 585. The minimum Gasteiger partial charge on any atom is -0.335 e. The second kappa shape index (κ2) is 6.48.